The minimum atomic E-state index is -4.49. The SMILES string of the molecule is COCCOc1ccc(NC(=O)C2CCN(c3ncc(C(F)(F)F)cc3Cl)CC2)c(C)c1. The summed E-state index contributed by atoms with van der Waals surface area (Å²) in [6.07, 6.45) is -2.62. The van der Waals surface area contributed by atoms with Gasteiger partial charge in [-0.3, -0.25) is 4.79 Å². The second kappa shape index (κ2) is 10.4. The minimum absolute atomic E-state index is 0.0499. The Morgan fingerprint density at radius 2 is 1.97 bits per heavy atom. The van der Waals surface area contributed by atoms with E-state index in [2.05, 4.69) is 10.3 Å². The van der Waals surface area contributed by atoms with Gasteiger partial charge in [0.2, 0.25) is 5.91 Å². The van der Waals surface area contributed by atoms with Gasteiger partial charge >= 0.3 is 6.18 Å². The van der Waals surface area contributed by atoms with Crippen molar-refractivity contribution in [1.82, 2.24) is 4.98 Å². The maximum Gasteiger partial charge on any atom is 0.417 e. The lowest BCUT2D eigenvalue weighted by Gasteiger charge is -2.32. The van der Waals surface area contributed by atoms with Crippen LogP contribution in [0.4, 0.5) is 24.7 Å². The lowest BCUT2D eigenvalue weighted by Crippen LogP contribution is -2.38. The molecule has 1 N–H and O–H groups in total. The molecule has 32 heavy (non-hydrogen) atoms. The molecule has 0 radical (unpaired) electrons. The number of pyridine rings is 1. The average Bonchev–Trinajstić information content (AvgIpc) is 2.75. The van der Waals surface area contributed by atoms with Crippen molar-refractivity contribution < 1.29 is 27.4 Å². The van der Waals surface area contributed by atoms with Crippen LogP contribution >= 0.6 is 11.6 Å². The largest absolute Gasteiger partial charge is 0.491 e. The number of halogens is 4. The van der Waals surface area contributed by atoms with Gasteiger partial charge < -0.3 is 19.7 Å². The molecular weight excluding hydrogens is 447 g/mol. The Balaban J connectivity index is 1.56. The van der Waals surface area contributed by atoms with E-state index in [1.807, 2.05) is 17.9 Å². The monoisotopic (exact) mass is 471 g/mol. The van der Waals surface area contributed by atoms with Crippen molar-refractivity contribution in [3.8, 4) is 5.75 Å². The zero-order valence-electron chi connectivity index (χ0n) is 17.8. The van der Waals surface area contributed by atoms with E-state index in [9.17, 15) is 18.0 Å². The molecule has 0 spiro atoms. The standard InChI is InChI=1S/C22H25ClF3N3O3/c1-14-11-17(32-10-9-31-2)3-4-19(14)28-21(30)15-5-7-29(8-6-15)20-18(23)12-16(13-27-20)22(24,25)26/h3-4,11-13,15H,5-10H2,1-2H3,(H,28,30). The number of benzene rings is 1. The Hall–Kier alpha value is -2.52. The highest BCUT2D eigenvalue weighted by molar-refractivity contribution is 6.33. The highest BCUT2D eigenvalue weighted by atomic mass is 35.5. The summed E-state index contributed by atoms with van der Waals surface area (Å²) >= 11 is 6.04. The number of hydrogen-bond donors (Lipinski definition) is 1. The number of carbonyl (C=O) groups excluding carboxylic acids is 1. The first-order chi connectivity index (χ1) is 15.2. The molecule has 0 saturated carbocycles. The molecule has 1 aromatic heterocycles. The summed E-state index contributed by atoms with van der Waals surface area (Å²) in [6.45, 7) is 3.77. The maximum atomic E-state index is 12.8. The van der Waals surface area contributed by atoms with Crippen LogP contribution in [0.2, 0.25) is 5.02 Å². The molecule has 0 bridgehead atoms. The molecule has 2 aromatic rings. The molecule has 3 rings (SSSR count). The zero-order chi connectivity index (χ0) is 23.3. The van der Waals surface area contributed by atoms with Gasteiger partial charge in [0.25, 0.3) is 0 Å². The molecule has 0 unspecified atom stereocenters. The molecule has 6 nitrogen and oxygen atoms in total. The Morgan fingerprint density at radius 3 is 2.56 bits per heavy atom. The number of nitrogens with one attached hydrogen (secondary N) is 1. The van der Waals surface area contributed by atoms with Crippen LogP contribution in [0, 0.1) is 12.8 Å². The predicted molar refractivity (Wildman–Crippen MR) is 116 cm³/mol. The summed E-state index contributed by atoms with van der Waals surface area (Å²) in [4.78, 5) is 18.5. The highest BCUT2D eigenvalue weighted by Gasteiger charge is 2.33. The lowest BCUT2D eigenvalue weighted by atomic mass is 9.95. The van der Waals surface area contributed by atoms with Crippen LogP contribution in [-0.4, -0.2) is 44.3 Å². The topological polar surface area (TPSA) is 63.7 Å². The fourth-order valence-electron chi connectivity index (χ4n) is 3.52. The molecule has 174 valence electrons. The van der Waals surface area contributed by atoms with E-state index in [1.54, 1.807) is 19.2 Å². The van der Waals surface area contributed by atoms with Crippen molar-refractivity contribution in [2.24, 2.45) is 5.92 Å². The third-order valence-electron chi connectivity index (χ3n) is 5.33. The molecule has 1 aromatic carbocycles. The second-order valence-corrected chi connectivity index (χ2v) is 8.00. The van der Waals surface area contributed by atoms with Crippen LogP contribution in [-0.2, 0) is 15.7 Å². The molecular formula is C22H25ClF3N3O3. The molecule has 1 saturated heterocycles. The fourth-order valence-corrected chi connectivity index (χ4v) is 3.80. The maximum absolute atomic E-state index is 12.8. The van der Waals surface area contributed by atoms with Gasteiger partial charge in [0.15, 0.2) is 0 Å². The third kappa shape index (κ3) is 6.04. The summed E-state index contributed by atoms with van der Waals surface area (Å²) < 4.78 is 49.0. The molecule has 0 aliphatic carbocycles. The number of hydrogen-bond acceptors (Lipinski definition) is 5. The van der Waals surface area contributed by atoms with E-state index in [0.29, 0.717) is 56.4 Å². The zero-order valence-corrected chi connectivity index (χ0v) is 18.6. The van der Waals surface area contributed by atoms with Crippen LogP contribution < -0.4 is 15.0 Å². The number of carbonyl (C=O) groups is 1. The van der Waals surface area contributed by atoms with E-state index in [1.165, 1.54) is 0 Å². The fraction of sp³-hybridized carbons (Fsp3) is 0.455. The quantitative estimate of drug-likeness (QED) is 0.579. The molecule has 0 atom stereocenters. The number of aromatic nitrogens is 1. The first kappa shape index (κ1) is 24.1. The van der Waals surface area contributed by atoms with Gasteiger partial charge in [0, 0.05) is 38.0 Å². The molecule has 1 fully saturated rings. The Morgan fingerprint density at radius 1 is 1.25 bits per heavy atom. The number of methoxy groups -OCH3 is 1. The summed E-state index contributed by atoms with van der Waals surface area (Å²) in [5.41, 5.74) is 0.710. The first-order valence-corrected chi connectivity index (χ1v) is 10.6. The van der Waals surface area contributed by atoms with Crippen molar-refractivity contribution >= 4 is 29.0 Å². The van der Waals surface area contributed by atoms with Gasteiger partial charge in [-0.2, -0.15) is 13.2 Å². The van der Waals surface area contributed by atoms with Crippen LogP contribution in [0.1, 0.15) is 24.0 Å². The van der Waals surface area contributed by atoms with Crippen LogP contribution in [0.3, 0.4) is 0 Å². The van der Waals surface area contributed by atoms with E-state index in [-0.39, 0.29) is 16.8 Å². The number of anilines is 2. The Labute approximate surface area is 189 Å². The number of nitrogens with zero attached hydrogens (tertiary/aromatic N) is 2. The molecule has 1 aliphatic heterocycles. The number of amides is 1. The second-order valence-electron chi connectivity index (χ2n) is 7.60. The number of rotatable bonds is 7. The molecule has 1 amide bonds. The number of alkyl halides is 3. The van der Waals surface area contributed by atoms with Crippen molar-refractivity contribution in [3.05, 3.63) is 46.6 Å². The molecule has 10 heteroatoms. The third-order valence-corrected chi connectivity index (χ3v) is 5.60. The summed E-state index contributed by atoms with van der Waals surface area (Å²) in [6, 6.07) is 6.33. The first-order valence-electron chi connectivity index (χ1n) is 10.2. The highest BCUT2D eigenvalue weighted by Crippen LogP contribution is 2.35. The lowest BCUT2D eigenvalue weighted by molar-refractivity contribution is -0.137. The minimum Gasteiger partial charge on any atom is -0.491 e. The number of aryl methyl sites for hydroxylation is 1. The Bertz CT molecular complexity index is 948. The van der Waals surface area contributed by atoms with Gasteiger partial charge in [-0.25, -0.2) is 4.98 Å². The van der Waals surface area contributed by atoms with Crippen LogP contribution in [0.15, 0.2) is 30.5 Å². The van der Waals surface area contributed by atoms with Gasteiger partial charge in [-0.15, -0.1) is 0 Å². The van der Waals surface area contributed by atoms with Gasteiger partial charge in [0.05, 0.1) is 17.2 Å². The van der Waals surface area contributed by atoms with Crippen molar-refractivity contribution in [1.29, 1.82) is 0 Å². The number of ether oxygens (including phenoxy) is 2. The normalized spacial score (nSPS) is 15.0. The summed E-state index contributed by atoms with van der Waals surface area (Å²) in [5.74, 6) is 0.703. The van der Waals surface area contributed by atoms with Gasteiger partial charge in [-0.05, 0) is 49.6 Å². The van der Waals surface area contributed by atoms with Crippen molar-refractivity contribution in [2.75, 3.05) is 43.6 Å². The van der Waals surface area contributed by atoms with E-state index in [0.717, 1.165) is 17.8 Å². The van der Waals surface area contributed by atoms with E-state index >= 15 is 0 Å². The van der Waals surface area contributed by atoms with Gasteiger partial charge in [0.1, 0.15) is 18.2 Å². The van der Waals surface area contributed by atoms with Gasteiger partial charge in [-0.1, -0.05) is 11.6 Å². The van der Waals surface area contributed by atoms with Crippen molar-refractivity contribution in [3.63, 3.8) is 0 Å². The molecule has 2 heterocycles. The summed E-state index contributed by atoms with van der Waals surface area (Å²) in [5, 5.41) is 2.91. The van der Waals surface area contributed by atoms with Crippen LogP contribution in [0.25, 0.3) is 0 Å². The number of piperidine rings is 1. The van der Waals surface area contributed by atoms with E-state index < -0.39 is 11.7 Å². The van der Waals surface area contributed by atoms with E-state index in [4.69, 9.17) is 21.1 Å². The smallest absolute Gasteiger partial charge is 0.417 e. The summed E-state index contributed by atoms with van der Waals surface area (Å²) in [7, 11) is 1.60. The predicted octanol–water partition coefficient (Wildman–Crippen LogP) is 4.94. The van der Waals surface area contributed by atoms with Crippen molar-refractivity contribution in [2.45, 2.75) is 25.9 Å². The Kier molecular flexibility index (Phi) is 7.84. The molecule has 1 aliphatic rings. The average molecular weight is 472 g/mol. The van der Waals surface area contributed by atoms with Crippen LogP contribution in [0.5, 0.6) is 5.75 Å².